The Labute approximate surface area is 114 Å². The minimum Gasteiger partial charge on any atom is -0.477 e. The Morgan fingerprint density at radius 1 is 1.37 bits per heavy atom. The summed E-state index contributed by atoms with van der Waals surface area (Å²) < 4.78 is 11.2. The van der Waals surface area contributed by atoms with Gasteiger partial charge in [0.25, 0.3) is 0 Å². The summed E-state index contributed by atoms with van der Waals surface area (Å²) in [4.78, 5) is 8.87. The number of hydrogen-bond donors (Lipinski definition) is 1. The van der Waals surface area contributed by atoms with Crippen molar-refractivity contribution in [2.24, 2.45) is 5.92 Å². The first-order valence-corrected chi connectivity index (χ1v) is 7.08. The third-order valence-corrected chi connectivity index (χ3v) is 3.29. The van der Waals surface area contributed by atoms with E-state index in [9.17, 15) is 0 Å². The van der Waals surface area contributed by atoms with E-state index in [-0.39, 0.29) is 0 Å². The molecule has 5 heteroatoms. The molecule has 1 aliphatic heterocycles. The smallest absolute Gasteiger partial charge is 0.218 e. The van der Waals surface area contributed by atoms with E-state index >= 15 is 0 Å². The summed E-state index contributed by atoms with van der Waals surface area (Å²) in [6, 6.07) is 1.86. The third-order valence-electron chi connectivity index (χ3n) is 3.29. The topological polar surface area (TPSA) is 56.3 Å². The lowest BCUT2D eigenvalue weighted by molar-refractivity contribution is 0.0490. The maximum Gasteiger partial charge on any atom is 0.218 e. The zero-order valence-electron chi connectivity index (χ0n) is 11.8. The Hall–Kier alpha value is -1.36. The van der Waals surface area contributed by atoms with Crippen molar-refractivity contribution in [1.29, 1.82) is 0 Å². The van der Waals surface area contributed by atoms with Crippen LogP contribution in [-0.4, -0.2) is 36.8 Å². The van der Waals surface area contributed by atoms with Crippen molar-refractivity contribution in [2.45, 2.75) is 32.6 Å². The highest BCUT2D eigenvalue weighted by molar-refractivity contribution is 5.37. The molecule has 1 aliphatic rings. The van der Waals surface area contributed by atoms with Gasteiger partial charge in [-0.3, -0.25) is 0 Å². The minimum absolute atomic E-state index is 0.580. The van der Waals surface area contributed by atoms with E-state index in [0.29, 0.717) is 11.8 Å². The fourth-order valence-corrected chi connectivity index (χ4v) is 2.13. The summed E-state index contributed by atoms with van der Waals surface area (Å²) in [6.07, 6.45) is 4.06. The van der Waals surface area contributed by atoms with Crippen molar-refractivity contribution in [3.63, 3.8) is 0 Å². The van der Waals surface area contributed by atoms with Crippen LogP contribution in [0.4, 0.5) is 5.82 Å². The molecule has 0 spiro atoms. The van der Waals surface area contributed by atoms with Crippen LogP contribution < -0.4 is 10.1 Å². The van der Waals surface area contributed by atoms with Crippen molar-refractivity contribution in [1.82, 2.24) is 9.97 Å². The highest BCUT2D eigenvalue weighted by Crippen LogP contribution is 2.18. The molecular weight excluding hydrogens is 242 g/mol. The first-order chi connectivity index (χ1) is 9.31. The summed E-state index contributed by atoms with van der Waals surface area (Å²) in [5.74, 6) is 2.92. The van der Waals surface area contributed by atoms with E-state index in [1.165, 1.54) is 0 Å². The molecule has 0 aliphatic carbocycles. The van der Waals surface area contributed by atoms with Gasteiger partial charge in [0, 0.05) is 32.7 Å². The van der Waals surface area contributed by atoms with Crippen molar-refractivity contribution in [3.8, 4) is 5.88 Å². The molecule has 1 aromatic rings. The Bertz CT molecular complexity index is 392. The highest BCUT2D eigenvalue weighted by atomic mass is 16.5. The molecule has 1 fully saturated rings. The number of rotatable bonds is 6. The van der Waals surface area contributed by atoms with Crippen LogP contribution in [0.15, 0.2) is 6.07 Å². The average Bonchev–Trinajstić information content (AvgIpc) is 2.46. The van der Waals surface area contributed by atoms with E-state index in [2.05, 4.69) is 22.2 Å². The van der Waals surface area contributed by atoms with Gasteiger partial charge in [-0.1, -0.05) is 6.92 Å². The molecule has 0 amide bonds. The summed E-state index contributed by atoms with van der Waals surface area (Å²) in [7, 11) is 1.86. The predicted molar refractivity (Wildman–Crippen MR) is 74.6 cm³/mol. The molecule has 106 valence electrons. The van der Waals surface area contributed by atoms with Crippen molar-refractivity contribution in [2.75, 3.05) is 32.2 Å². The van der Waals surface area contributed by atoms with Gasteiger partial charge >= 0.3 is 0 Å². The van der Waals surface area contributed by atoms with Gasteiger partial charge in [-0.05, 0) is 25.2 Å². The van der Waals surface area contributed by atoms with Gasteiger partial charge in [-0.15, -0.1) is 0 Å². The highest BCUT2D eigenvalue weighted by Gasteiger charge is 2.15. The standard InChI is InChI=1S/C14H23N3O2/c1-3-4-12-16-13(15-2)9-14(17-12)19-10-11-5-7-18-8-6-11/h9,11H,3-8,10H2,1-2H3,(H,15,16,17). The summed E-state index contributed by atoms with van der Waals surface area (Å²) in [5, 5.41) is 3.05. The number of aryl methyl sites for hydroxylation is 1. The second-order valence-electron chi connectivity index (χ2n) is 4.87. The fourth-order valence-electron chi connectivity index (χ4n) is 2.13. The van der Waals surface area contributed by atoms with Crippen molar-refractivity contribution in [3.05, 3.63) is 11.9 Å². The van der Waals surface area contributed by atoms with Crippen molar-refractivity contribution >= 4 is 5.82 Å². The summed E-state index contributed by atoms with van der Waals surface area (Å²) >= 11 is 0. The van der Waals surface area contributed by atoms with Crippen LogP contribution in [0.2, 0.25) is 0 Å². The van der Waals surface area contributed by atoms with Crippen LogP contribution in [0, 0.1) is 5.92 Å². The molecule has 0 atom stereocenters. The molecule has 2 rings (SSSR count). The molecule has 0 radical (unpaired) electrons. The summed E-state index contributed by atoms with van der Waals surface area (Å²) in [5.41, 5.74) is 0. The number of ether oxygens (including phenoxy) is 2. The monoisotopic (exact) mass is 265 g/mol. The molecule has 0 aromatic carbocycles. The average molecular weight is 265 g/mol. The fraction of sp³-hybridized carbons (Fsp3) is 0.714. The Morgan fingerprint density at radius 3 is 2.84 bits per heavy atom. The zero-order chi connectivity index (χ0) is 13.5. The minimum atomic E-state index is 0.580. The Morgan fingerprint density at radius 2 is 2.16 bits per heavy atom. The van der Waals surface area contributed by atoms with E-state index in [1.54, 1.807) is 0 Å². The Balaban J connectivity index is 1.95. The van der Waals surface area contributed by atoms with E-state index in [1.807, 2.05) is 13.1 Å². The van der Waals surface area contributed by atoms with E-state index in [0.717, 1.165) is 57.1 Å². The van der Waals surface area contributed by atoms with Gasteiger partial charge < -0.3 is 14.8 Å². The largest absolute Gasteiger partial charge is 0.477 e. The number of hydrogen-bond acceptors (Lipinski definition) is 5. The van der Waals surface area contributed by atoms with Crippen LogP contribution in [0.1, 0.15) is 32.0 Å². The number of anilines is 1. The molecule has 0 bridgehead atoms. The van der Waals surface area contributed by atoms with Gasteiger partial charge in [0.15, 0.2) is 0 Å². The Kier molecular flexibility index (Phi) is 5.39. The van der Waals surface area contributed by atoms with E-state index < -0.39 is 0 Å². The SMILES string of the molecule is CCCc1nc(NC)cc(OCC2CCOCC2)n1. The summed E-state index contributed by atoms with van der Waals surface area (Å²) in [6.45, 7) is 4.54. The first-order valence-electron chi connectivity index (χ1n) is 7.08. The van der Waals surface area contributed by atoms with Crippen LogP contribution >= 0.6 is 0 Å². The second kappa shape index (κ2) is 7.28. The molecule has 1 aromatic heterocycles. The normalized spacial score (nSPS) is 16.3. The molecule has 1 N–H and O–H groups in total. The molecular formula is C14H23N3O2. The van der Waals surface area contributed by atoms with Crippen molar-refractivity contribution < 1.29 is 9.47 Å². The lowest BCUT2D eigenvalue weighted by Gasteiger charge is -2.21. The molecule has 0 unspecified atom stereocenters. The predicted octanol–water partition coefficient (Wildman–Crippen LogP) is 2.28. The lowest BCUT2D eigenvalue weighted by atomic mass is 10.0. The first kappa shape index (κ1) is 14.1. The van der Waals surface area contributed by atoms with Crippen LogP contribution in [0.25, 0.3) is 0 Å². The maximum atomic E-state index is 5.83. The van der Waals surface area contributed by atoms with Gasteiger partial charge in [-0.2, -0.15) is 4.98 Å². The van der Waals surface area contributed by atoms with Gasteiger partial charge in [0.1, 0.15) is 11.6 Å². The zero-order valence-corrected chi connectivity index (χ0v) is 11.8. The quantitative estimate of drug-likeness (QED) is 0.855. The lowest BCUT2D eigenvalue weighted by Crippen LogP contribution is -2.21. The van der Waals surface area contributed by atoms with Crippen LogP contribution in [-0.2, 0) is 11.2 Å². The number of aromatic nitrogens is 2. The number of nitrogens with zero attached hydrogens (tertiary/aromatic N) is 2. The number of nitrogens with one attached hydrogen (secondary N) is 1. The second-order valence-corrected chi connectivity index (χ2v) is 4.87. The van der Waals surface area contributed by atoms with Gasteiger partial charge in [0.2, 0.25) is 5.88 Å². The van der Waals surface area contributed by atoms with E-state index in [4.69, 9.17) is 9.47 Å². The molecule has 1 saturated heterocycles. The maximum absolute atomic E-state index is 5.83. The third kappa shape index (κ3) is 4.35. The molecule has 0 saturated carbocycles. The van der Waals surface area contributed by atoms with Gasteiger partial charge in [0.05, 0.1) is 6.61 Å². The molecule has 5 nitrogen and oxygen atoms in total. The van der Waals surface area contributed by atoms with Crippen LogP contribution in [0.5, 0.6) is 5.88 Å². The van der Waals surface area contributed by atoms with Gasteiger partial charge in [-0.25, -0.2) is 4.98 Å². The molecule has 19 heavy (non-hydrogen) atoms. The van der Waals surface area contributed by atoms with Crippen LogP contribution in [0.3, 0.4) is 0 Å². The molecule has 2 heterocycles.